The molecule has 0 aromatic carbocycles. The minimum Gasteiger partial charge on any atom is -0.394 e. The van der Waals surface area contributed by atoms with Gasteiger partial charge in [0.15, 0.2) is 12.6 Å². The molecule has 0 radical (unpaired) electrons. The molecule has 14 nitrogen and oxygen atoms in total. The maximum absolute atomic E-state index is 12.3. The molecular formula is C42H72O14. The van der Waals surface area contributed by atoms with Crippen LogP contribution in [0.4, 0.5) is 0 Å². The number of rotatable bonds is 8. The summed E-state index contributed by atoms with van der Waals surface area (Å²) in [5, 5.41) is 96.5. The minimum atomic E-state index is -1.75. The van der Waals surface area contributed by atoms with Gasteiger partial charge in [-0.3, -0.25) is 0 Å². The molecule has 7 rings (SSSR count). The zero-order chi connectivity index (χ0) is 41.1. The first kappa shape index (κ1) is 43.5. The standard InChI is InChI=1S/C42H72O14/c1-37(2)24-10-15-40(6)25(17-21(45)28-20(9-14-41(28,40)7)42(8)16-12-27(56-42)38(3,4)51)39(24,5)13-11-26(37)54-36-34(32(49)30(47)23(19-44)53-36)55-35-33(50)31(48)29(46)22(18-43)52-35/h20-36,43-51H,9-19H2,1-8H3/t20-,21+,22+,23+,24-,25+,26-,27-,28-,29-,30-,31-,32-,33+,34+,35-,36-,39-,40+,41+,42-/m0/s1. The first-order valence-corrected chi connectivity index (χ1v) is 21.3. The molecule has 3 heterocycles. The van der Waals surface area contributed by atoms with Crippen molar-refractivity contribution in [2.24, 2.45) is 45.3 Å². The van der Waals surface area contributed by atoms with Crippen LogP contribution >= 0.6 is 0 Å². The summed E-state index contributed by atoms with van der Waals surface area (Å²) in [4.78, 5) is 0. The maximum atomic E-state index is 12.3. The Labute approximate surface area is 331 Å². The summed E-state index contributed by atoms with van der Waals surface area (Å²) in [5.74, 6) is 0.725. The number of aliphatic hydroxyl groups excluding tert-OH is 8. The minimum absolute atomic E-state index is 0.0311. The molecular weight excluding hydrogens is 728 g/mol. The number of hydrogen-bond donors (Lipinski definition) is 9. The summed E-state index contributed by atoms with van der Waals surface area (Å²) in [6.07, 6.45) is -8.45. The van der Waals surface area contributed by atoms with Crippen molar-refractivity contribution in [2.45, 2.75) is 204 Å². The van der Waals surface area contributed by atoms with E-state index in [0.29, 0.717) is 12.8 Å². The predicted octanol–water partition coefficient (Wildman–Crippen LogP) is 1.36. The molecule has 0 unspecified atom stereocenters. The van der Waals surface area contributed by atoms with Crippen LogP contribution < -0.4 is 0 Å². The van der Waals surface area contributed by atoms with Gasteiger partial charge in [-0.05, 0) is 124 Å². The van der Waals surface area contributed by atoms with E-state index in [2.05, 4.69) is 41.5 Å². The van der Waals surface area contributed by atoms with Crippen molar-refractivity contribution in [2.75, 3.05) is 13.2 Å². The van der Waals surface area contributed by atoms with E-state index < -0.39 is 103 Å². The van der Waals surface area contributed by atoms with Gasteiger partial charge in [-0.1, -0.05) is 34.6 Å². The molecule has 0 aromatic heterocycles. The Morgan fingerprint density at radius 1 is 0.643 bits per heavy atom. The molecule has 7 aliphatic rings. The molecule has 9 N–H and O–H groups in total. The second kappa shape index (κ2) is 14.8. The van der Waals surface area contributed by atoms with E-state index in [1.54, 1.807) is 0 Å². The van der Waals surface area contributed by atoms with Crippen LogP contribution in [0.3, 0.4) is 0 Å². The van der Waals surface area contributed by atoms with E-state index >= 15 is 0 Å². The van der Waals surface area contributed by atoms with Crippen LogP contribution in [0.25, 0.3) is 0 Å². The number of fused-ring (bicyclic) bond motifs is 5. The molecule has 56 heavy (non-hydrogen) atoms. The van der Waals surface area contributed by atoms with Gasteiger partial charge in [-0.25, -0.2) is 0 Å². The van der Waals surface area contributed by atoms with E-state index in [0.717, 1.165) is 44.9 Å². The van der Waals surface area contributed by atoms with Crippen molar-refractivity contribution in [3.63, 3.8) is 0 Å². The van der Waals surface area contributed by atoms with Gasteiger partial charge in [-0.15, -0.1) is 0 Å². The Morgan fingerprint density at radius 3 is 1.86 bits per heavy atom. The third-order valence-electron chi connectivity index (χ3n) is 17.5. The lowest BCUT2D eigenvalue weighted by atomic mass is 9.35. The molecule has 3 aliphatic heterocycles. The summed E-state index contributed by atoms with van der Waals surface area (Å²) >= 11 is 0. The van der Waals surface area contributed by atoms with Gasteiger partial charge in [0.1, 0.15) is 48.8 Å². The van der Waals surface area contributed by atoms with Gasteiger partial charge in [0.25, 0.3) is 0 Å². The Balaban J connectivity index is 1.11. The zero-order valence-electron chi connectivity index (χ0n) is 34.7. The molecule has 4 saturated carbocycles. The Kier molecular flexibility index (Phi) is 11.5. The average Bonchev–Trinajstić information content (AvgIpc) is 3.73. The molecule has 14 heteroatoms. The number of hydrogen-bond acceptors (Lipinski definition) is 14. The van der Waals surface area contributed by atoms with E-state index in [9.17, 15) is 46.0 Å². The third kappa shape index (κ3) is 6.58. The second-order valence-corrected chi connectivity index (χ2v) is 21.1. The van der Waals surface area contributed by atoms with Gasteiger partial charge >= 0.3 is 0 Å². The molecule has 3 saturated heterocycles. The van der Waals surface area contributed by atoms with Crippen molar-refractivity contribution in [3.05, 3.63) is 0 Å². The Bertz CT molecular complexity index is 1410. The monoisotopic (exact) mass is 800 g/mol. The molecule has 324 valence electrons. The fourth-order valence-electron chi connectivity index (χ4n) is 14.1. The molecule has 0 spiro atoms. The van der Waals surface area contributed by atoms with E-state index in [1.165, 1.54) is 0 Å². The highest BCUT2D eigenvalue weighted by molar-refractivity contribution is 5.20. The predicted molar refractivity (Wildman–Crippen MR) is 200 cm³/mol. The summed E-state index contributed by atoms with van der Waals surface area (Å²) < 4.78 is 31.1. The highest BCUT2D eigenvalue weighted by atomic mass is 16.8. The Hall–Kier alpha value is -0.560. The second-order valence-electron chi connectivity index (χ2n) is 21.1. The number of aliphatic hydroxyl groups is 9. The molecule has 0 amide bonds. The number of ether oxygens (including phenoxy) is 5. The largest absolute Gasteiger partial charge is 0.394 e. The lowest BCUT2D eigenvalue weighted by Crippen LogP contribution is -2.68. The maximum Gasteiger partial charge on any atom is 0.187 e. The van der Waals surface area contributed by atoms with Gasteiger partial charge < -0.3 is 69.6 Å². The lowest BCUT2D eigenvalue weighted by molar-refractivity contribution is -0.378. The molecule has 0 aromatic rings. The first-order valence-electron chi connectivity index (χ1n) is 21.3. The zero-order valence-corrected chi connectivity index (χ0v) is 34.7. The highest BCUT2D eigenvalue weighted by Gasteiger charge is 2.72. The lowest BCUT2D eigenvalue weighted by Gasteiger charge is -2.70. The molecule has 4 aliphatic carbocycles. The fraction of sp³-hybridized carbons (Fsp3) is 1.00. The summed E-state index contributed by atoms with van der Waals surface area (Å²) in [5.41, 5.74) is -2.03. The SMILES string of the molecule is CC(C)(O)[C@@H]1CC[C@@](C)([C@H]2CC[C@]3(C)[C@@H]2[C@H](O)C[C@@H]2[C@@]4(C)CC[C@H](O[C@@H]5O[C@H](CO)[C@H](O)[C@H](O)[C@H]5O[C@@H]5O[C@H](CO)[C@H](O)[C@H](O)[C@H]5O)C(C)(C)[C@@H]4CC[C@]23C)O1. The van der Waals surface area contributed by atoms with Crippen molar-refractivity contribution in [1.29, 1.82) is 0 Å². The first-order chi connectivity index (χ1) is 26.0. The fourth-order valence-corrected chi connectivity index (χ4v) is 14.1. The summed E-state index contributed by atoms with van der Waals surface area (Å²) in [6, 6.07) is 0. The van der Waals surface area contributed by atoms with Crippen molar-refractivity contribution < 1.29 is 69.6 Å². The Morgan fingerprint density at radius 2 is 1.25 bits per heavy atom. The smallest absolute Gasteiger partial charge is 0.187 e. The van der Waals surface area contributed by atoms with Crippen LogP contribution in [0.5, 0.6) is 0 Å². The van der Waals surface area contributed by atoms with Crippen molar-refractivity contribution in [3.8, 4) is 0 Å². The quantitative estimate of drug-likeness (QED) is 0.158. The van der Waals surface area contributed by atoms with Crippen LogP contribution in [0.2, 0.25) is 0 Å². The van der Waals surface area contributed by atoms with E-state index in [-0.39, 0.29) is 46.0 Å². The van der Waals surface area contributed by atoms with Crippen molar-refractivity contribution in [1.82, 2.24) is 0 Å². The molecule has 0 bridgehead atoms. The van der Waals surface area contributed by atoms with Crippen LogP contribution in [-0.4, -0.2) is 150 Å². The highest BCUT2D eigenvalue weighted by Crippen LogP contribution is 2.76. The average molecular weight is 801 g/mol. The van der Waals surface area contributed by atoms with Crippen LogP contribution in [-0.2, 0) is 23.7 Å². The topological polar surface area (TPSA) is 228 Å². The van der Waals surface area contributed by atoms with Crippen LogP contribution in [0, 0.1) is 45.3 Å². The van der Waals surface area contributed by atoms with Gasteiger partial charge in [0, 0.05) is 0 Å². The molecule has 7 fully saturated rings. The van der Waals surface area contributed by atoms with E-state index in [1.807, 2.05) is 13.8 Å². The van der Waals surface area contributed by atoms with Gasteiger partial charge in [-0.2, -0.15) is 0 Å². The summed E-state index contributed by atoms with van der Waals surface area (Å²) in [7, 11) is 0. The summed E-state index contributed by atoms with van der Waals surface area (Å²) in [6.45, 7) is 16.3. The normalized spacial score (nSPS) is 56.0. The van der Waals surface area contributed by atoms with E-state index in [4.69, 9.17) is 23.7 Å². The van der Waals surface area contributed by atoms with Gasteiger partial charge in [0.05, 0.1) is 42.7 Å². The third-order valence-corrected chi connectivity index (χ3v) is 17.5. The van der Waals surface area contributed by atoms with Gasteiger partial charge in [0.2, 0.25) is 0 Å². The molecule has 21 atom stereocenters. The van der Waals surface area contributed by atoms with Crippen LogP contribution in [0.15, 0.2) is 0 Å². The van der Waals surface area contributed by atoms with Crippen molar-refractivity contribution >= 4 is 0 Å². The van der Waals surface area contributed by atoms with Crippen LogP contribution in [0.1, 0.15) is 113 Å².